The molecular formula is C24H28N8O4. The van der Waals surface area contributed by atoms with Crippen LogP contribution in [-0.4, -0.2) is 55.4 Å². The van der Waals surface area contributed by atoms with Crippen molar-refractivity contribution in [2.75, 3.05) is 24.6 Å². The number of hydrogen-bond acceptors (Lipinski definition) is 9. The van der Waals surface area contributed by atoms with Crippen molar-refractivity contribution in [1.29, 1.82) is 5.26 Å². The van der Waals surface area contributed by atoms with E-state index in [4.69, 9.17) is 10.5 Å². The van der Waals surface area contributed by atoms with E-state index in [1.54, 1.807) is 16.7 Å². The lowest BCUT2D eigenvalue weighted by molar-refractivity contribution is -0.143. The summed E-state index contributed by atoms with van der Waals surface area (Å²) in [6.45, 7) is 6.36. The predicted octanol–water partition coefficient (Wildman–Crippen LogP) is 0.351. The number of ether oxygens (including phenoxy) is 1. The van der Waals surface area contributed by atoms with E-state index in [1.807, 2.05) is 17.9 Å². The first-order chi connectivity index (χ1) is 17.4. The highest BCUT2D eigenvalue weighted by Crippen LogP contribution is 2.23. The molecule has 12 heteroatoms. The van der Waals surface area contributed by atoms with E-state index in [0.717, 1.165) is 22.0 Å². The van der Waals surface area contributed by atoms with E-state index < -0.39 is 23.8 Å². The van der Waals surface area contributed by atoms with Gasteiger partial charge >= 0.3 is 11.7 Å². The smallest absolute Gasteiger partial charge is 0.333 e. The summed E-state index contributed by atoms with van der Waals surface area (Å²) in [6, 6.07) is 5.15. The van der Waals surface area contributed by atoms with Crippen LogP contribution in [0.4, 0.5) is 5.95 Å². The van der Waals surface area contributed by atoms with Gasteiger partial charge in [0.2, 0.25) is 5.95 Å². The molecule has 0 spiro atoms. The standard InChI is InChI=1S/C24H28N8O4/c1-3-11-36-19(33)15-31-21-20(30(4-2)23(28-21)29-10-6-8-17(26)13-29)22(34)32(24(31)35)14-18-16(12-25)7-5-9-27-18/h3,5,7,9,17H,1,4,6,8,10-11,13-15,26H2,2H3. The summed E-state index contributed by atoms with van der Waals surface area (Å²) in [5.41, 5.74) is 5.63. The first kappa shape index (κ1) is 24.9. The number of aromatic nitrogens is 5. The summed E-state index contributed by atoms with van der Waals surface area (Å²) in [5.74, 6) is -0.160. The van der Waals surface area contributed by atoms with Gasteiger partial charge in [-0.15, -0.1) is 0 Å². The fourth-order valence-electron chi connectivity index (χ4n) is 4.44. The maximum atomic E-state index is 13.7. The quantitative estimate of drug-likeness (QED) is 0.346. The molecule has 1 unspecified atom stereocenters. The van der Waals surface area contributed by atoms with Crippen molar-refractivity contribution in [2.45, 2.75) is 45.4 Å². The second-order valence-corrected chi connectivity index (χ2v) is 8.52. The van der Waals surface area contributed by atoms with Gasteiger partial charge in [-0.3, -0.25) is 23.7 Å². The number of anilines is 1. The maximum Gasteiger partial charge on any atom is 0.333 e. The molecule has 1 atom stereocenters. The van der Waals surface area contributed by atoms with Crippen molar-refractivity contribution in [3.8, 4) is 6.07 Å². The van der Waals surface area contributed by atoms with E-state index >= 15 is 0 Å². The normalized spacial score (nSPS) is 15.6. The minimum absolute atomic E-state index is 0.0177. The second kappa shape index (κ2) is 10.6. The Bertz CT molecular complexity index is 1460. The number of hydrogen-bond donors (Lipinski definition) is 1. The van der Waals surface area contributed by atoms with Gasteiger partial charge in [0.25, 0.3) is 5.56 Å². The predicted molar refractivity (Wildman–Crippen MR) is 133 cm³/mol. The molecule has 1 fully saturated rings. The molecule has 12 nitrogen and oxygen atoms in total. The summed E-state index contributed by atoms with van der Waals surface area (Å²) in [5, 5.41) is 9.45. The Morgan fingerprint density at radius 2 is 2.17 bits per heavy atom. The third kappa shape index (κ3) is 4.65. The van der Waals surface area contributed by atoms with Gasteiger partial charge in [-0.1, -0.05) is 12.7 Å². The Labute approximate surface area is 206 Å². The van der Waals surface area contributed by atoms with E-state index in [1.165, 1.54) is 12.3 Å². The van der Waals surface area contributed by atoms with Crippen LogP contribution in [0.2, 0.25) is 0 Å². The summed E-state index contributed by atoms with van der Waals surface area (Å²) in [4.78, 5) is 50.6. The molecular weight excluding hydrogens is 464 g/mol. The molecule has 36 heavy (non-hydrogen) atoms. The molecule has 1 aliphatic heterocycles. The highest BCUT2D eigenvalue weighted by molar-refractivity contribution is 5.77. The zero-order valence-corrected chi connectivity index (χ0v) is 20.1. The lowest BCUT2D eigenvalue weighted by Gasteiger charge is -2.31. The first-order valence-electron chi connectivity index (χ1n) is 11.7. The fraction of sp³-hybridized carbons (Fsp3) is 0.417. The van der Waals surface area contributed by atoms with Crippen LogP contribution in [0.25, 0.3) is 11.2 Å². The molecule has 0 radical (unpaired) electrons. The molecule has 0 amide bonds. The number of aryl methyl sites for hydroxylation is 1. The van der Waals surface area contributed by atoms with Crippen molar-refractivity contribution in [2.24, 2.45) is 5.73 Å². The maximum absolute atomic E-state index is 13.7. The van der Waals surface area contributed by atoms with Crippen LogP contribution in [0.1, 0.15) is 31.0 Å². The number of piperidine rings is 1. The topological polar surface area (TPSA) is 154 Å². The minimum atomic E-state index is -0.750. The van der Waals surface area contributed by atoms with Crippen molar-refractivity contribution in [3.63, 3.8) is 0 Å². The Morgan fingerprint density at radius 3 is 2.86 bits per heavy atom. The fourth-order valence-corrected chi connectivity index (χ4v) is 4.44. The van der Waals surface area contributed by atoms with Gasteiger partial charge < -0.3 is 19.9 Å². The van der Waals surface area contributed by atoms with Gasteiger partial charge in [0.05, 0.1) is 17.8 Å². The average molecular weight is 493 g/mol. The molecule has 1 saturated heterocycles. The number of nitrogens with zero attached hydrogens (tertiary/aromatic N) is 7. The van der Waals surface area contributed by atoms with Crippen LogP contribution in [0.5, 0.6) is 0 Å². The summed E-state index contributed by atoms with van der Waals surface area (Å²) < 4.78 is 8.95. The van der Waals surface area contributed by atoms with Crippen LogP contribution in [0.15, 0.2) is 40.6 Å². The molecule has 3 aromatic heterocycles. The van der Waals surface area contributed by atoms with Crippen LogP contribution in [0, 0.1) is 11.3 Å². The number of nitriles is 1. The molecule has 188 valence electrons. The molecule has 4 heterocycles. The van der Waals surface area contributed by atoms with Gasteiger partial charge in [0.15, 0.2) is 11.2 Å². The van der Waals surface area contributed by atoms with Crippen LogP contribution < -0.4 is 21.9 Å². The molecule has 2 N–H and O–H groups in total. The van der Waals surface area contributed by atoms with Crippen LogP contribution >= 0.6 is 0 Å². The molecule has 3 aromatic rings. The van der Waals surface area contributed by atoms with E-state index in [2.05, 4.69) is 16.5 Å². The van der Waals surface area contributed by atoms with E-state index in [-0.39, 0.29) is 41.6 Å². The van der Waals surface area contributed by atoms with Crippen molar-refractivity contribution < 1.29 is 9.53 Å². The first-order valence-corrected chi connectivity index (χ1v) is 11.7. The zero-order chi connectivity index (χ0) is 25.8. The average Bonchev–Trinajstić information content (AvgIpc) is 3.28. The molecule has 0 aromatic carbocycles. The lowest BCUT2D eigenvalue weighted by atomic mass is 10.1. The van der Waals surface area contributed by atoms with Gasteiger partial charge in [-0.25, -0.2) is 4.79 Å². The van der Waals surface area contributed by atoms with Crippen LogP contribution in [-0.2, 0) is 29.2 Å². The number of carbonyl (C=O) groups excluding carboxylic acids is 1. The van der Waals surface area contributed by atoms with Gasteiger partial charge in [0.1, 0.15) is 19.2 Å². The Hall–Kier alpha value is -4.24. The molecule has 4 rings (SSSR count). The monoisotopic (exact) mass is 492 g/mol. The van der Waals surface area contributed by atoms with E-state index in [9.17, 15) is 19.6 Å². The number of rotatable bonds is 8. The number of carbonyl (C=O) groups is 1. The zero-order valence-electron chi connectivity index (χ0n) is 20.1. The number of fused-ring (bicyclic) bond motifs is 1. The van der Waals surface area contributed by atoms with Crippen molar-refractivity contribution in [3.05, 3.63) is 63.1 Å². The SMILES string of the molecule is C=CCOC(=O)Cn1c(=O)n(Cc2ncccc2C#N)c(=O)c2c1nc(N1CCCC(N)C1)n2CC. The Balaban J connectivity index is 1.95. The van der Waals surface area contributed by atoms with Gasteiger partial charge in [-0.2, -0.15) is 10.2 Å². The van der Waals surface area contributed by atoms with Crippen molar-refractivity contribution >= 4 is 23.1 Å². The highest BCUT2D eigenvalue weighted by Gasteiger charge is 2.27. The number of nitrogens with two attached hydrogens (primary N) is 1. The molecule has 0 saturated carbocycles. The van der Waals surface area contributed by atoms with Gasteiger partial charge in [0, 0.05) is 31.9 Å². The summed E-state index contributed by atoms with van der Waals surface area (Å²) in [7, 11) is 0. The Kier molecular flexibility index (Phi) is 7.30. The van der Waals surface area contributed by atoms with E-state index in [0.29, 0.717) is 25.6 Å². The minimum Gasteiger partial charge on any atom is -0.460 e. The summed E-state index contributed by atoms with van der Waals surface area (Å²) in [6.07, 6.45) is 4.67. The lowest BCUT2D eigenvalue weighted by Crippen LogP contribution is -2.44. The molecule has 0 aliphatic carbocycles. The highest BCUT2D eigenvalue weighted by atomic mass is 16.5. The number of imidazole rings is 1. The number of pyridine rings is 1. The van der Waals surface area contributed by atoms with Crippen molar-refractivity contribution in [1.82, 2.24) is 23.7 Å². The molecule has 1 aliphatic rings. The third-order valence-electron chi connectivity index (χ3n) is 6.12. The van der Waals surface area contributed by atoms with Crippen LogP contribution in [0.3, 0.4) is 0 Å². The summed E-state index contributed by atoms with van der Waals surface area (Å²) >= 11 is 0. The largest absolute Gasteiger partial charge is 0.460 e. The van der Waals surface area contributed by atoms with Gasteiger partial charge in [-0.05, 0) is 31.9 Å². The number of esters is 1. The third-order valence-corrected chi connectivity index (χ3v) is 6.12. The second-order valence-electron chi connectivity index (χ2n) is 8.52. The molecule has 0 bridgehead atoms. The Morgan fingerprint density at radius 1 is 1.36 bits per heavy atom.